The van der Waals surface area contributed by atoms with Crippen molar-refractivity contribution in [3.8, 4) is 0 Å². The van der Waals surface area contributed by atoms with Crippen molar-refractivity contribution in [3.63, 3.8) is 0 Å². The Balaban J connectivity index is 0.00000256. The molecule has 5 heteroatoms. The maximum absolute atomic E-state index is 11.9. The number of carbonyl (C=O) groups excluding carboxylic acids is 1. The first-order valence-electron chi connectivity index (χ1n) is 5.72. The fraction of sp³-hybridized carbons (Fsp3) is 0.583. The first-order valence-corrected chi connectivity index (χ1v) is 6.67. The summed E-state index contributed by atoms with van der Waals surface area (Å²) >= 11 is 1.56. The zero-order valence-electron chi connectivity index (χ0n) is 10.4. The second-order valence-corrected chi connectivity index (χ2v) is 4.76. The summed E-state index contributed by atoms with van der Waals surface area (Å²) in [7, 11) is 0. The Morgan fingerprint density at radius 2 is 2.24 bits per heavy atom. The summed E-state index contributed by atoms with van der Waals surface area (Å²) in [5, 5.41) is 6.86. The van der Waals surface area contributed by atoms with E-state index in [4.69, 9.17) is 5.73 Å². The lowest BCUT2D eigenvalue weighted by Gasteiger charge is -2.16. The molecule has 3 N–H and O–H groups in total. The molecule has 0 radical (unpaired) electrons. The second kappa shape index (κ2) is 8.50. The number of nitrogens with two attached hydrogens (primary N) is 1. The highest BCUT2D eigenvalue weighted by Crippen LogP contribution is 2.13. The minimum absolute atomic E-state index is 0. The number of thiophene rings is 1. The van der Waals surface area contributed by atoms with Gasteiger partial charge in [-0.2, -0.15) is 11.3 Å². The monoisotopic (exact) mass is 276 g/mol. The van der Waals surface area contributed by atoms with Gasteiger partial charge in [0.2, 0.25) is 0 Å². The Morgan fingerprint density at radius 1 is 1.53 bits per heavy atom. The molecular weight excluding hydrogens is 256 g/mol. The van der Waals surface area contributed by atoms with Crippen molar-refractivity contribution in [3.05, 3.63) is 21.9 Å². The van der Waals surface area contributed by atoms with Crippen LogP contribution in [0, 0.1) is 6.92 Å². The number of rotatable bonds is 6. The number of unbranched alkanes of at least 4 members (excludes halogenated alkanes) is 1. The van der Waals surface area contributed by atoms with E-state index in [0.717, 1.165) is 30.4 Å². The zero-order valence-corrected chi connectivity index (χ0v) is 12.0. The lowest BCUT2D eigenvalue weighted by atomic mass is 10.1. The number of carbonyl (C=O) groups is 1. The van der Waals surface area contributed by atoms with Gasteiger partial charge in [-0.1, -0.05) is 19.8 Å². The SMILES string of the molecule is CCCCC(CN)NC(=O)c1cscc1C.Cl. The average molecular weight is 277 g/mol. The van der Waals surface area contributed by atoms with Crippen molar-refractivity contribution in [1.29, 1.82) is 0 Å². The van der Waals surface area contributed by atoms with E-state index in [0.29, 0.717) is 6.54 Å². The van der Waals surface area contributed by atoms with Crippen LogP contribution in [-0.2, 0) is 0 Å². The van der Waals surface area contributed by atoms with Crippen LogP contribution in [0.2, 0.25) is 0 Å². The molecule has 0 fully saturated rings. The van der Waals surface area contributed by atoms with E-state index in [-0.39, 0.29) is 24.4 Å². The minimum atomic E-state index is 0. The van der Waals surface area contributed by atoms with Crippen molar-refractivity contribution in [2.75, 3.05) is 6.54 Å². The van der Waals surface area contributed by atoms with Gasteiger partial charge in [0.1, 0.15) is 0 Å². The molecule has 0 aliphatic rings. The van der Waals surface area contributed by atoms with Crippen LogP contribution in [-0.4, -0.2) is 18.5 Å². The lowest BCUT2D eigenvalue weighted by Crippen LogP contribution is -2.40. The summed E-state index contributed by atoms with van der Waals surface area (Å²) in [6.07, 6.45) is 3.19. The fourth-order valence-electron chi connectivity index (χ4n) is 1.56. The van der Waals surface area contributed by atoms with Crippen LogP contribution < -0.4 is 11.1 Å². The predicted molar refractivity (Wildman–Crippen MR) is 76.1 cm³/mol. The molecule has 1 atom stereocenters. The average Bonchev–Trinajstić information content (AvgIpc) is 2.70. The largest absolute Gasteiger partial charge is 0.348 e. The predicted octanol–water partition coefficient (Wildman–Crippen LogP) is 2.73. The smallest absolute Gasteiger partial charge is 0.252 e. The van der Waals surface area contributed by atoms with Crippen LogP contribution in [0.25, 0.3) is 0 Å². The first-order chi connectivity index (χ1) is 7.69. The molecule has 0 spiro atoms. The first kappa shape index (κ1) is 16.4. The minimum Gasteiger partial charge on any atom is -0.348 e. The highest BCUT2D eigenvalue weighted by atomic mass is 35.5. The van der Waals surface area contributed by atoms with E-state index in [1.165, 1.54) is 0 Å². The summed E-state index contributed by atoms with van der Waals surface area (Å²) in [4.78, 5) is 11.9. The van der Waals surface area contributed by atoms with Crippen molar-refractivity contribution in [1.82, 2.24) is 5.32 Å². The summed E-state index contributed by atoms with van der Waals surface area (Å²) in [5.74, 6) is 0.00491. The Labute approximate surface area is 113 Å². The van der Waals surface area contributed by atoms with Crippen molar-refractivity contribution in [2.24, 2.45) is 5.73 Å². The standard InChI is InChI=1S/C12H20N2OS.ClH/c1-3-4-5-10(6-13)14-12(15)11-8-16-7-9(11)2;/h7-8,10H,3-6,13H2,1-2H3,(H,14,15);1H. The van der Waals surface area contributed by atoms with Crippen molar-refractivity contribution >= 4 is 29.7 Å². The van der Waals surface area contributed by atoms with Gasteiger partial charge in [0, 0.05) is 18.0 Å². The molecule has 1 aromatic heterocycles. The Hall–Kier alpha value is -0.580. The van der Waals surface area contributed by atoms with Gasteiger partial charge in [-0.3, -0.25) is 4.79 Å². The third kappa shape index (κ3) is 5.06. The van der Waals surface area contributed by atoms with Crippen LogP contribution in [0.15, 0.2) is 10.8 Å². The number of hydrogen-bond donors (Lipinski definition) is 2. The van der Waals surface area contributed by atoms with Crippen molar-refractivity contribution in [2.45, 2.75) is 39.2 Å². The van der Waals surface area contributed by atoms with E-state index >= 15 is 0 Å². The third-order valence-corrected chi connectivity index (χ3v) is 3.49. The van der Waals surface area contributed by atoms with Crippen LogP contribution in [0.3, 0.4) is 0 Å². The molecular formula is C12H21ClN2OS. The second-order valence-electron chi connectivity index (χ2n) is 4.02. The lowest BCUT2D eigenvalue weighted by molar-refractivity contribution is 0.0935. The molecule has 0 aliphatic heterocycles. The number of nitrogens with one attached hydrogen (secondary N) is 1. The molecule has 0 bridgehead atoms. The molecule has 1 heterocycles. The van der Waals surface area contributed by atoms with Crippen LogP contribution in [0.5, 0.6) is 0 Å². The van der Waals surface area contributed by atoms with Gasteiger partial charge >= 0.3 is 0 Å². The molecule has 1 unspecified atom stereocenters. The maximum atomic E-state index is 11.9. The number of aryl methyl sites for hydroxylation is 1. The quantitative estimate of drug-likeness (QED) is 0.839. The molecule has 0 saturated carbocycles. The molecule has 0 aromatic carbocycles. The van der Waals surface area contributed by atoms with Gasteiger partial charge < -0.3 is 11.1 Å². The normalized spacial score (nSPS) is 11.7. The Morgan fingerprint density at radius 3 is 2.71 bits per heavy atom. The van der Waals surface area contributed by atoms with Gasteiger partial charge in [-0.15, -0.1) is 12.4 Å². The summed E-state index contributed by atoms with van der Waals surface area (Å²) in [6.45, 7) is 4.60. The number of amides is 1. The van der Waals surface area contributed by atoms with E-state index < -0.39 is 0 Å². The topological polar surface area (TPSA) is 55.1 Å². The molecule has 17 heavy (non-hydrogen) atoms. The highest BCUT2D eigenvalue weighted by molar-refractivity contribution is 7.08. The van der Waals surface area contributed by atoms with Gasteiger partial charge in [-0.25, -0.2) is 0 Å². The summed E-state index contributed by atoms with van der Waals surface area (Å²) in [5.41, 5.74) is 7.45. The summed E-state index contributed by atoms with van der Waals surface area (Å²) in [6, 6.07) is 0.103. The third-order valence-electron chi connectivity index (χ3n) is 2.63. The Kier molecular flexibility index (Phi) is 8.21. The van der Waals surface area contributed by atoms with Gasteiger partial charge in [0.25, 0.3) is 5.91 Å². The molecule has 3 nitrogen and oxygen atoms in total. The van der Waals surface area contributed by atoms with Crippen LogP contribution in [0.4, 0.5) is 0 Å². The maximum Gasteiger partial charge on any atom is 0.252 e. The van der Waals surface area contributed by atoms with Crippen molar-refractivity contribution < 1.29 is 4.79 Å². The number of hydrogen-bond acceptors (Lipinski definition) is 3. The Bertz CT molecular complexity index is 341. The molecule has 1 aromatic rings. The molecule has 0 saturated heterocycles. The van der Waals surface area contributed by atoms with Gasteiger partial charge in [0.05, 0.1) is 5.56 Å². The van der Waals surface area contributed by atoms with E-state index in [1.807, 2.05) is 17.7 Å². The van der Waals surface area contributed by atoms with Crippen LogP contribution in [0.1, 0.15) is 42.1 Å². The molecule has 98 valence electrons. The van der Waals surface area contributed by atoms with Gasteiger partial charge in [-0.05, 0) is 24.3 Å². The highest BCUT2D eigenvalue weighted by Gasteiger charge is 2.14. The summed E-state index contributed by atoms with van der Waals surface area (Å²) < 4.78 is 0. The van der Waals surface area contributed by atoms with E-state index in [1.54, 1.807) is 11.3 Å². The zero-order chi connectivity index (χ0) is 12.0. The van der Waals surface area contributed by atoms with E-state index in [2.05, 4.69) is 12.2 Å². The number of halogens is 1. The molecule has 1 rings (SSSR count). The fourth-order valence-corrected chi connectivity index (χ4v) is 2.38. The molecule has 0 aliphatic carbocycles. The molecule has 1 amide bonds. The van der Waals surface area contributed by atoms with E-state index in [9.17, 15) is 4.79 Å². The van der Waals surface area contributed by atoms with Crippen LogP contribution >= 0.6 is 23.7 Å². The van der Waals surface area contributed by atoms with Gasteiger partial charge in [0.15, 0.2) is 0 Å².